The van der Waals surface area contributed by atoms with Crippen LogP contribution in [-0.4, -0.2) is 38.0 Å². The molecule has 1 aliphatic rings. The third-order valence-electron chi connectivity index (χ3n) is 2.93. The maximum absolute atomic E-state index is 12.6. The van der Waals surface area contributed by atoms with Crippen molar-refractivity contribution in [2.24, 2.45) is 0 Å². The minimum absolute atomic E-state index is 0.00250. The molecule has 0 unspecified atom stereocenters. The topological polar surface area (TPSA) is 74.1 Å². The Hall–Kier alpha value is -1.82. The van der Waals surface area contributed by atoms with Gasteiger partial charge in [-0.05, 0) is 12.1 Å². The van der Waals surface area contributed by atoms with Gasteiger partial charge in [-0.3, -0.25) is 0 Å². The van der Waals surface area contributed by atoms with Crippen LogP contribution in [0.15, 0.2) is 12.1 Å². The number of hydrogen-bond donors (Lipinski definition) is 0. The summed E-state index contributed by atoms with van der Waals surface area (Å²) in [6, 6.07) is 3.56. The molecule has 2 rings (SSSR count). The fourth-order valence-electron chi connectivity index (χ4n) is 1.86. The van der Waals surface area contributed by atoms with Gasteiger partial charge >= 0.3 is 6.18 Å². The first-order chi connectivity index (χ1) is 9.23. The van der Waals surface area contributed by atoms with Crippen LogP contribution in [0.25, 0.3) is 0 Å². The summed E-state index contributed by atoms with van der Waals surface area (Å²) in [5, 5.41) is 8.93. The van der Waals surface area contributed by atoms with Gasteiger partial charge in [-0.15, -0.1) is 0 Å². The Morgan fingerprint density at radius 3 is 2.35 bits per heavy atom. The molecule has 0 N–H and O–H groups in total. The third kappa shape index (κ3) is 3.01. The summed E-state index contributed by atoms with van der Waals surface area (Å²) in [4.78, 5) is 4.87. The first-order valence-electron chi connectivity index (χ1n) is 5.67. The summed E-state index contributed by atoms with van der Waals surface area (Å²) in [6.07, 6.45) is -4.61. The van der Waals surface area contributed by atoms with Gasteiger partial charge in [0.15, 0.2) is 9.84 Å². The molecular weight excluding hydrogens is 295 g/mol. The maximum Gasteiger partial charge on any atom is 0.433 e. The summed E-state index contributed by atoms with van der Waals surface area (Å²) in [5.74, 6) is -0.428. The van der Waals surface area contributed by atoms with Crippen molar-refractivity contribution < 1.29 is 21.6 Å². The molecule has 0 aromatic carbocycles. The summed E-state index contributed by atoms with van der Waals surface area (Å²) in [5.41, 5.74) is -1.10. The van der Waals surface area contributed by atoms with Crippen LogP contribution >= 0.6 is 0 Å². The quantitative estimate of drug-likeness (QED) is 0.779. The van der Waals surface area contributed by atoms with E-state index in [0.717, 1.165) is 12.1 Å². The predicted molar refractivity (Wildman–Crippen MR) is 64.8 cm³/mol. The Kier molecular flexibility index (Phi) is 3.60. The van der Waals surface area contributed by atoms with Gasteiger partial charge in [-0.2, -0.15) is 18.4 Å². The van der Waals surface area contributed by atoms with E-state index in [2.05, 4.69) is 4.98 Å². The van der Waals surface area contributed by atoms with Crippen LogP contribution in [0.5, 0.6) is 0 Å². The highest BCUT2D eigenvalue weighted by molar-refractivity contribution is 7.91. The lowest BCUT2D eigenvalue weighted by Gasteiger charge is -2.28. The van der Waals surface area contributed by atoms with Crippen molar-refractivity contribution in [3.8, 4) is 6.07 Å². The highest BCUT2D eigenvalue weighted by Gasteiger charge is 2.34. The Morgan fingerprint density at radius 1 is 1.25 bits per heavy atom. The van der Waals surface area contributed by atoms with Crippen LogP contribution in [0.3, 0.4) is 0 Å². The standard InChI is InChI=1S/C11H10F3N3O2S/c12-11(13,14)9-2-1-8(7-15)10(16-9)17-3-5-20(18,19)6-4-17/h1-2H,3-6H2. The average Bonchev–Trinajstić information content (AvgIpc) is 2.37. The van der Waals surface area contributed by atoms with Crippen LogP contribution in [0.2, 0.25) is 0 Å². The molecule has 1 aliphatic heterocycles. The molecular formula is C11H10F3N3O2S. The first kappa shape index (κ1) is 14.6. The minimum atomic E-state index is -4.61. The van der Waals surface area contributed by atoms with Crippen molar-refractivity contribution in [1.82, 2.24) is 4.98 Å². The molecule has 20 heavy (non-hydrogen) atoms. The van der Waals surface area contributed by atoms with Crippen molar-refractivity contribution in [2.45, 2.75) is 6.18 Å². The fourth-order valence-corrected chi connectivity index (χ4v) is 3.06. The summed E-state index contributed by atoms with van der Waals surface area (Å²) >= 11 is 0. The van der Waals surface area contributed by atoms with Crippen LogP contribution < -0.4 is 4.90 Å². The van der Waals surface area contributed by atoms with E-state index in [1.165, 1.54) is 4.90 Å². The minimum Gasteiger partial charge on any atom is -0.353 e. The van der Waals surface area contributed by atoms with E-state index in [0.29, 0.717) is 0 Å². The molecule has 0 amide bonds. The van der Waals surface area contributed by atoms with Crippen LogP contribution in [-0.2, 0) is 16.0 Å². The molecule has 108 valence electrons. The van der Waals surface area contributed by atoms with Crippen molar-refractivity contribution >= 4 is 15.7 Å². The van der Waals surface area contributed by atoms with E-state index in [9.17, 15) is 21.6 Å². The molecule has 1 aromatic rings. The monoisotopic (exact) mass is 305 g/mol. The number of anilines is 1. The molecule has 0 saturated carbocycles. The van der Waals surface area contributed by atoms with Gasteiger partial charge in [0.2, 0.25) is 0 Å². The fraction of sp³-hybridized carbons (Fsp3) is 0.455. The van der Waals surface area contributed by atoms with Crippen molar-refractivity contribution in [2.75, 3.05) is 29.5 Å². The number of sulfone groups is 1. The predicted octanol–water partition coefficient (Wildman–Crippen LogP) is 1.21. The normalized spacial score (nSPS) is 18.6. The number of pyridine rings is 1. The Labute approximate surface area is 113 Å². The summed E-state index contributed by atoms with van der Waals surface area (Å²) in [6.45, 7) is 0.0661. The molecule has 0 bridgehead atoms. The molecule has 1 fully saturated rings. The average molecular weight is 305 g/mol. The zero-order valence-electron chi connectivity index (χ0n) is 10.2. The zero-order valence-corrected chi connectivity index (χ0v) is 11.0. The third-order valence-corrected chi connectivity index (χ3v) is 4.54. The van der Waals surface area contributed by atoms with Gasteiger partial charge in [-0.1, -0.05) is 0 Å². The van der Waals surface area contributed by atoms with Crippen molar-refractivity contribution in [1.29, 1.82) is 5.26 Å². The van der Waals surface area contributed by atoms with E-state index in [4.69, 9.17) is 5.26 Å². The van der Waals surface area contributed by atoms with E-state index in [-0.39, 0.29) is 36.0 Å². The molecule has 0 spiro atoms. The lowest BCUT2D eigenvalue weighted by atomic mass is 10.2. The molecule has 0 radical (unpaired) electrons. The molecule has 0 atom stereocenters. The van der Waals surface area contributed by atoms with Crippen LogP contribution in [0.4, 0.5) is 19.0 Å². The zero-order chi connectivity index (χ0) is 15.0. The van der Waals surface area contributed by atoms with Gasteiger partial charge < -0.3 is 4.90 Å². The van der Waals surface area contributed by atoms with Gasteiger partial charge in [0.25, 0.3) is 0 Å². The number of halogens is 3. The van der Waals surface area contributed by atoms with Crippen molar-refractivity contribution in [3.05, 3.63) is 23.4 Å². The largest absolute Gasteiger partial charge is 0.433 e. The Balaban J connectivity index is 2.38. The number of nitrogens with zero attached hydrogens (tertiary/aromatic N) is 3. The number of nitriles is 1. The molecule has 2 heterocycles. The smallest absolute Gasteiger partial charge is 0.353 e. The maximum atomic E-state index is 12.6. The summed E-state index contributed by atoms with van der Waals surface area (Å²) < 4.78 is 60.5. The second-order valence-corrected chi connectivity index (χ2v) is 6.62. The molecule has 1 aromatic heterocycles. The number of rotatable bonds is 1. The number of aromatic nitrogens is 1. The molecule has 5 nitrogen and oxygen atoms in total. The Bertz CT molecular complexity index is 650. The van der Waals surface area contributed by atoms with Gasteiger partial charge in [-0.25, -0.2) is 13.4 Å². The van der Waals surface area contributed by atoms with Gasteiger partial charge in [0.05, 0.1) is 17.1 Å². The lowest BCUT2D eigenvalue weighted by Crippen LogP contribution is -2.41. The van der Waals surface area contributed by atoms with Crippen LogP contribution in [0.1, 0.15) is 11.3 Å². The van der Waals surface area contributed by atoms with Crippen molar-refractivity contribution in [3.63, 3.8) is 0 Å². The number of alkyl halides is 3. The lowest BCUT2D eigenvalue weighted by molar-refractivity contribution is -0.141. The van der Waals surface area contributed by atoms with Crippen LogP contribution in [0, 0.1) is 11.3 Å². The molecule has 1 saturated heterocycles. The highest BCUT2D eigenvalue weighted by Crippen LogP contribution is 2.30. The van der Waals surface area contributed by atoms with E-state index < -0.39 is 21.7 Å². The highest BCUT2D eigenvalue weighted by atomic mass is 32.2. The van der Waals surface area contributed by atoms with E-state index >= 15 is 0 Å². The molecule has 0 aliphatic carbocycles. The second-order valence-electron chi connectivity index (χ2n) is 4.32. The van der Waals surface area contributed by atoms with Gasteiger partial charge in [0.1, 0.15) is 17.6 Å². The van der Waals surface area contributed by atoms with E-state index in [1.54, 1.807) is 6.07 Å². The Morgan fingerprint density at radius 2 is 1.85 bits per heavy atom. The first-order valence-corrected chi connectivity index (χ1v) is 7.49. The molecule has 9 heteroatoms. The van der Waals surface area contributed by atoms with E-state index in [1.807, 2.05) is 0 Å². The van der Waals surface area contributed by atoms with Gasteiger partial charge in [0, 0.05) is 13.1 Å². The number of hydrogen-bond acceptors (Lipinski definition) is 5. The summed E-state index contributed by atoms with van der Waals surface area (Å²) in [7, 11) is -3.16. The SMILES string of the molecule is N#Cc1ccc(C(F)(F)F)nc1N1CCS(=O)(=O)CC1. The second kappa shape index (κ2) is 4.94.